The zero-order valence-electron chi connectivity index (χ0n) is 23.0. The minimum atomic E-state index is -4.02. The lowest BCUT2D eigenvalue weighted by molar-refractivity contribution is -0.669. The van der Waals surface area contributed by atoms with Crippen LogP contribution in [0.25, 0.3) is 16.3 Å². The normalized spacial score (nSPS) is 15.2. The molecule has 0 saturated heterocycles. The first-order valence-corrected chi connectivity index (χ1v) is 19.1. The Morgan fingerprint density at radius 3 is 2.31 bits per heavy atom. The van der Waals surface area contributed by atoms with Crippen LogP contribution in [0.15, 0.2) is 58.0 Å². The number of allylic oxidation sites excluding steroid dienone is 2. The summed E-state index contributed by atoms with van der Waals surface area (Å²) in [5.74, 6) is -0.562. The number of unbranched alkanes of at least 4 members (excludes halogenated alkanes) is 2. The second-order valence-electron chi connectivity index (χ2n) is 10.0. The van der Waals surface area contributed by atoms with Crippen LogP contribution < -0.4 is 9.47 Å². The lowest BCUT2D eigenvalue weighted by Crippen LogP contribution is -2.35. The largest absolute Gasteiger partial charge is 0.335 e. The number of benzene rings is 2. The van der Waals surface area contributed by atoms with Crippen LogP contribution in [0.1, 0.15) is 50.5 Å². The fourth-order valence-electron chi connectivity index (χ4n) is 4.73. The minimum Gasteiger partial charge on any atom is -0.335 e. The third kappa shape index (κ3) is 9.43. The number of aryl methyl sites for hydroxylation is 1. The zero-order chi connectivity index (χ0) is 30.5. The van der Waals surface area contributed by atoms with Crippen molar-refractivity contribution in [2.75, 3.05) is 23.0 Å². The number of hydrogen-bond donors (Lipinski definition) is 2. The van der Waals surface area contributed by atoms with Gasteiger partial charge in [-0.3, -0.25) is 9.11 Å². The molecule has 2 aromatic carbocycles. The molecular formula is C28H33Cl2N2O6S4+. The fraction of sp³-hybridized carbons (Fsp3) is 0.393. The molecule has 0 spiro atoms. The predicted molar refractivity (Wildman–Crippen MR) is 174 cm³/mol. The van der Waals surface area contributed by atoms with Crippen molar-refractivity contribution in [3.05, 3.63) is 68.1 Å². The van der Waals surface area contributed by atoms with Crippen molar-refractivity contribution in [2.24, 2.45) is 0 Å². The molecule has 3 aromatic rings. The maximum atomic E-state index is 11.2. The first kappa shape index (κ1) is 33.3. The van der Waals surface area contributed by atoms with Crippen molar-refractivity contribution in [2.45, 2.75) is 56.9 Å². The SMILES string of the molecule is CCCC(=Cc1sc2ccc(Cl)cc2[n+]1CCCCS(=O)(=O)O)C=C1Sc2ccc(Cl)cc2N1CCCCS(=O)(=O)O. The van der Waals surface area contributed by atoms with Crippen LogP contribution in [0.4, 0.5) is 5.69 Å². The average molecular weight is 693 g/mol. The Kier molecular flexibility index (Phi) is 11.4. The molecule has 2 N–H and O–H groups in total. The summed E-state index contributed by atoms with van der Waals surface area (Å²) < 4.78 is 66.4. The molecule has 42 heavy (non-hydrogen) atoms. The average Bonchev–Trinajstić information content (AvgIpc) is 3.39. The molecule has 0 unspecified atom stereocenters. The number of anilines is 1. The molecule has 0 atom stereocenters. The summed E-state index contributed by atoms with van der Waals surface area (Å²) >= 11 is 15.9. The highest BCUT2D eigenvalue weighted by atomic mass is 35.5. The molecule has 0 aliphatic carbocycles. The van der Waals surface area contributed by atoms with Crippen LogP contribution in [-0.4, -0.2) is 44.0 Å². The smallest absolute Gasteiger partial charge is 0.264 e. The highest BCUT2D eigenvalue weighted by Crippen LogP contribution is 2.47. The van der Waals surface area contributed by atoms with E-state index in [1.54, 1.807) is 23.1 Å². The van der Waals surface area contributed by atoms with Crippen molar-refractivity contribution in [3.8, 4) is 0 Å². The number of halogens is 2. The van der Waals surface area contributed by atoms with Crippen LogP contribution in [-0.2, 0) is 26.8 Å². The second-order valence-corrected chi connectivity index (χ2v) is 16.1. The Bertz CT molecular complexity index is 1720. The molecular weight excluding hydrogens is 659 g/mol. The van der Waals surface area contributed by atoms with E-state index in [2.05, 4.69) is 28.5 Å². The van der Waals surface area contributed by atoms with E-state index in [0.717, 1.165) is 49.3 Å². The van der Waals surface area contributed by atoms with Gasteiger partial charge >= 0.3 is 0 Å². The van der Waals surface area contributed by atoms with E-state index in [1.165, 1.54) is 0 Å². The molecule has 1 aliphatic rings. The van der Waals surface area contributed by atoms with Gasteiger partial charge in [-0.1, -0.05) is 59.6 Å². The topological polar surface area (TPSA) is 116 Å². The molecule has 0 fully saturated rings. The van der Waals surface area contributed by atoms with E-state index in [1.807, 2.05) is 36.4 Å². The molecule has 14 heteroatoms. The van der Waals surface area contributed by atoms with Gasteiger partial charge in [0, 0.05) is 40.0 Å². The molecule has 8 nitrogen and oxygen atoms in total. The molecule has 0 bridgehead atoms. The van der Waals surface area contributed by atoms with Crippen molar-refractivity contribution in [3.63, 3.8) is 0 Å². The third-order valence-corrected chi connectivity index (χ3v) is 10.9. The maximum absolute atomic E-state index is 11.2. The van der Waals surface area contributed by atoms with Gasteiger partial charge in [0.05, 0.1) is 22.2 Å². The van der Waals surface area contributed by atoms with Gasteiger partial charge in [0.15, 0.2) is 6.54 Å². The van der Waals surface area contributed by atoms with Gasteiger partial charge in [-0.15, -0.1) is 0 Å². The van der Waals surface area contributed by atoms with Gasteiger partial charge in [-0.2, -0.15) is 21.4 Å². The molecule has 0 amide bonds. The summed E-state index contributed by atoms with van der Waals surface area (Å²) in [4.78, 5) is 3.20. The number of hydrogen-bond acceptors (Lipinski definition) is 7. The Morgan fingerprint density at radius 2 is 1.62 bits per heavy atom. The Balaban J connectivity index is 1.68. The van der Waals surface area contributed by atoms with Crippen molar-refractivity contribution >= 4 is 88.5 Å². The summed E-state index contributed by atoms with van der Waals surface area (Å²) in [6, 6.07) is 11.5. The van der Waals surface area contributed by atoms with E-state index in [0.29, 0.717) is 48.8 Å². The molecule has 1 aromatic heterocycles. The number of thiazole rings is 1. The summed E-state index contributed by atoms with van der Waals surface area (Å²) in [5.41, 5.74) is 3.03. The Labute approximate surface area is 265 Å². The van der Waals surface area contributed by atoms with Crippen LogP contribution in [0.2, 0.25) is 10.0 Å². The van der Waals surface area contributed by atoms with E-state index < -0.39 is 20.2 Å². The quantitative estimate of drug-likeness (QED) is 0.102. The lowest BCUT2D eigenvalue weighted by Gasteiger charge is -2.21. The maximum Gasteiger partial charge on any atom is 0.264 e. The Hall–Kier alpha value is -1.64. The van der Waals surface area contributed by atoms with Gasteiger partial charge in [-0.05, 0) is 67.7 Å². The van der Waals surface area contributed by atoms with Crippen LogP contribution in [0.3, 0.4) is 0 Å². The molecule has 1 aliphatic heterocycles. The van der Waals surface area contributed by atoms with Gasteiger partial charge in [-0.25, -0.2) is 0 Å². The summed E-state index contributed by atoms with van der Waals surface area (Å²) in [6.07, 6.45) is 7.85. The summed E-state index contributed by atoms with van der Waals surface area (Å²) in [7, 11) is -8.03. The summed E-state index contributed by atoms with van der Waals surface area (Å²) in [6.45, 7) is 3.25. The fourth-order valence-corrected chi connectivity index (χ4v) is 8.49. The van der Waals surface area contributed by atoms with Gasteiger partial charge in [0.25, 0.3) is 25.2 Å². The van der Waals surface area contributed by atoms with E-state index >= 15 is 0 Å². The number of nitrogens with zero attached hydrogens (tertiary/aromatic N) is 2. The van der Waals surface area contributed by atoms with Crippen LogP contribution in [0.5, 0.6) is 0 Å². The Morgan fingerprint density at radius 1 is 0.952 bits per heavy atom. The highest BCUT2D eigenvalue weighted by Gasteiger charge is 2.26. The van der Waals surface area contributed by atoms with Crippen molar-refractivity contribution < 1.29 is 30.5 Å². The van der Waals surface area contributed by atoms with E-state index in [-0.39, 0.29) is 11.5 Å². The first-order chi connectivity index (χ1) is 19.8. The molecule has 2 heterocycles. The van der Waals surface area contributed by atoms with Gasteiger partial charge in [0.1, 0.15) is 4.70 Å². The van der Waals surface area contributed by atoms with E-state index in [4.69, 9.17) is 32.3 Å². The standard InChI is InChI=1S/C28H32Cl2N2O6S4/c1-2-7-20(16-27-31(12-3-5-14-41(33,34)35)23-18-21(29)8-10-25(23)39-27)17-28-32(13-4-6-15-42(36,37)38)24-19-22(30)9-11-26(24)40-28/h8-11,16-19H,2-7,12-15H2,1H3,(H-,33,34,35,36,37,38)/p+1. The number of aromatic nitrogens is 1. The number of rotatable bonds is 14. The third-order valence-electron chi connectivity index (χ3n) is 6.61. The van der Waals surface area contributed by atoms with Crippen molar-refractivity contribution in [1.82, 2.24) is 0 Å². The lowest BCUT2D eigenvalue weighted by atomic mass is 10.1. The molecule has 4 rings (SSSR count). The molecule has 228 valence electrons. The number of thioether (sulfide) groups is 1. The van der Waals surface area contributed by atoms with Crippen molar-refractivity contribution in [1.29, 1.82) is 0 Å². The minimum absolute atomic E-state index is 0.281. The summed E-state index contributed by atoms with van der Waals surface area (Å²) in [5, 5.41) is 3.23. The van der Waals surface area contributed by atoms with Gasteiger partial charge < -0.3 is 4.90 Å². The highest BCUT2D eigenvalue weighted by molar-refractivity contribution is 8.03. The molecule has 0 saturated carbocycles. The van der Waals surface area contributed by atoms with Crippen LogP contribution >= 0.6 is 46.3 Å². The van der Waals surface area contributed by atoms with E-state index in [9.17, 15) is 16.8 Å². The number of fused-ring (bicyclic) bond motifs is 2. The monoisotopic (exact) mass is 691 g/mol. The van der Waals surface area contributed by atoms with Gasteiger partial charge in [0.2, 0.25) is 5.52 Å². The molecule has 0 radical (unpaired) electrons. The first-order valence-electron chi connectivity index (χ1n) is 13.5. The predicted octanol–water partition coefficient (Wildman–Crippen LogP) is 7.47. The zero-order valence-corrected chi connectivity index (χ0v) is 27.8. The second kappa shape index (κ2) is 14.4. The van der Waals surface area contributed by atoms with Crippen LogP contribution in [0, 0.1) is 0 Å².